The van der Waals surface area contributed by atoms with Gasteiger partial charge in [0.15, 0.2) is 0 Å². The molecule has 0 spiro atoms. The minimum absolute atomic E-state index is 0. The van der Waals surface area contributed by atoms with Crippen LogP contribution in [-0.2, 0) is 38.0 Å². The van der Waals surface area contributed by atoms with Crippen molar-refractivity contribution >= 4 is 11.6 Å². The molecule has 27 heavy (non-hydrogen) atoms. The molecule has 3 aromatic rings. The van der Waals surface area contributed by atoms with E-state index in [0.29, 0.717) is 0 Å². The molecule has 0 aliphatic heterocycles. The van der Waals surface area contributed by atoms with E-state index in [-0.39, 0.29) is 31.6 Å². The first-order chi connectivity index (χ1) is 12.3. The van der Waals surface area contributed by atoms with E-state index in [1.807, 2.05) is 0 Å². The molecule has 0 amide bonds. The van der Waals surface area contributed by atoms with Crippen LogP contribution >= 0.6 is 0 Å². The summed E-state index contributed by atoms with van der Waals surface area (Å²) in [7, 11) is 0. The van der Waals surface area contributed by atoms with Gasteiger partial charge in [-0.1, -0.05) is 57.2 Å². The second-order valence-corrected chi connectivity index (χ2v) is 8.39. The number of aryl methyl sites for hydroxylation is 1. The van der Waals surface area contributed by atoms with Gasteiger partial charge in [-0.15, -0.1) is 0 Å². The zero-order chi connectivity index (χ0) is 18.5. The van der Waals surface area contributed by atoms with Crippen molar-refractivity contribution < 1.29 is 30.6 Å². The predicted octanol–water partition coefficient (Wildman–Crippen LogP) is 6.96. The van der Waals surface area contributed by atoms with Gasteiger partial charge in [0.1, 0.15) is 11.5 Å². The van der Waals surface area contributed by atoms with Crippen LogP contribution in [0, 0.1) is 13.8 Å². The quantitative estimate of drug-likeness (QED) is 0.426. The third kappa shape index (κ3) is 3.70. The molecule has 0 radical (unpaired) electrons. The molecule has 2 aromatic carbocycles. The molecule has 1 aliphatic carbocycles. The van der Waals surface area contributed by atoms with Gasteiger partial charge in [0.25, 0.3) is 0 Å². The van der Waals surface area contributed by atoms with Crippen LogP contribution in [-0.4, -0.2) is 0 Å². The van der Waals surface area contributed by atoms with Crippen LogP contribution in [0.25, 0.3) is 22.8 Å². The third-order valence-electron chi connectivity index (χ3n) is 5.40. The summed E-state index contributed by atoms with van der Waals surface area (Å²) in [5.41, 5.74) is 9.42. The number of fused-ring (bicyclic) bond motifs is 1. The van der Waals surface area contributed by atoms with E-state index in [1.165, 1.54) is 39.0 Å². The number of furan rings is 1. The Morgan fingerprint density at radius 3 is 2.26 bits per heavy atom. The summed E-state index contributed by atoms with van der Waals surface area (Å²) < 4.78 is 6.20. The molecule has 2 heteroatoms. The van der Waals surface area contributed by atoms with E-state index in [4.69, 9.17) is 4.42 Å². The standard InChI is InChI=1S/C25H26O.Zr/c1-16-13-19-14-20(22-11-12-23(26-22)25(3,4)5)15-21(19)24(17(16)2)18-9-7-6-8-10-18;/h6-13,15H,14H2,1-5H3;. The Bertz CT molecular complexity index is 1000. The number of benzene rings is 2. The number of hydrogen-bond acceptors (Lipinski definition) is 1. The zero-order valence-electron chi connectivity index (χ0n) is 16.8. The van der Waals surface area contributed by atoms with Gasteiger partial charge in [0.05, 0.1) is 0 Å². The topological polar surface area (TPSA) is 13.1 Å². The minimum atomic E-state index is 0. The Morgan fingerprint density at radius 2 is 1.63 bits per heavy atom. The predicted molar refractivity (Wildman–Crippen MR) is 110 cm³/mol. The molecule has 0 saturated heterocycles. The molecule has 1 aromatic heterocycles. The maximum absolute atomic E-state index is 6.20. The van der Waals surface area contributed by atoms with E-state index >= 15 is 0 Å². The Morgan fingerprint density at radius 1 is 0.926 bits per heavy atom. The van der Waals surface area contributed by atoms with Crippen LogP contribution in [0.2, 0.25) is 0 Å². The van der Waals surface area contributed by atoms with Crippen molar-refractivity contribution in [3.8, 4) is 11.1 Å². The molecule has 0 bridgehead atoms. The fourth-order valence-electron chi connectivity index (χ4n) is 3.80. The van der Waals surface area contributed by atoms with Crippen LogP contribution in [0.3, 0.4) is 0 Å². The van der Waals surface area contributed by atoms with Crippen LogP contribution in [0.4, 0.5) is 0 Å². The van der Waals surface area contributed by atoms with Gasteiger partial charge in [0.2, 0.25) is 0 Å². The SMILES string of the molecule is Cc1cc2c(c(-c3ccccc3)c1C)C=C(c1ccc(C(C)(C)C)o1)C2.[Zr]. The zero-order valence-corrected chi connectivity index (χ0v) is 19.3. The summed E-state index contributed by atoms with van der Waals surface area (Å²) in [6.07, 6.45) is 3.27. The van der Waals surface area contributed by atoms with E-state index in [1.54, 1.807) is 0 Å². The first-order valence-electron chi connectivity index (χ1n) is 9.34. The molecular weight excluding hydrogens is 407 g/mol. The first kappa shape index (κ1) is 20.1. The van der Waals surface area contributed by atoms with Crippen molar-refractivity contribution in [2.75, 3.05) is 0 Å². The molecule has 0 saturated carbocycles. The van der Waals surface area contributed by atoms with Crippen LogP contribution < -0.4 is 0 Å². The van der Waals surface area contributed by atoms with Crippen LogP contribution in [0.15, 0.2) is 52.9 Å². The maximum atomic E-state index is 6.20. The fourth-order valence-corrected chi connectivity index (χ4v) is 3.80. The summed E-state index contributed by atoms with van der Waals surface area (Å²) in [6, 6.07) is 17.3. The molecule has 0 N–H and O–H groups in total. The van der Waals surface area contributed by atoms with Gasteiger partial charge in [-0.25, -0.2) is 0 Å². The normalized spacial score (nSPS) is 13.1. The summed E-state index contributed by atoms with van der Waals surface area (Å²) in [4.78, 5) is 0. The summed E-state index contributed by atoms with van der Waals surface area (Å²) >= 11 is 0. The number of hydrogen-bond donors (Lipinski definition) is 0. The van der Waals surface area contributed by atoms with Crippen molar-refractivity contribution in [3.63, 3.8) is 0 Å². The van der Waals surface area contributed by atoms with Gasteiger partial charge >= 0.3 is 0 Å². The molecule has 0 fully saturated rings. The Kier molecular flexibility index (Phi) is 5.50. The van der Waals surface area contributed by atoms with Crippen molar-refractivity contribution in [2.24, 2.45) is 0 Å². The smallest absolute Gasteiger partial charge is 0.130 e. The van der Waals surface area contributed by atoms with Gasteiger partial charge in [0, 0.05) is 38.0 Å². The monoisotopic (exact) mass is 432 g/mol. The molecule has 1 nitrogen and oxygen atoms in total. The number of allylic oxidation sites excluding steroid dienone is 1. The fraction of sp³-hybridized carbons (Fsp3) is 0.280. The van der Waals surface area contributed by atoms with Crippen molar-refractivity contribution in [1.82, 2.24) is 0 Å². The average molecular weight is 434 g/mol. The molecule has 1 heterocycles. The Hall–Kier alpha value is -1.66. The molecule has 0 atom stereocenters. The second-order valence-electron chi connectivity index (χ2n) is 8.39. The Balaban J connectivity index is 0.00000210. The second kappa shape index (κ2) is 7.40. The van der Waals surface area contributed by atoms with Crippen LogP contribution in [0.5, 0.6) is 0 Å². The molecule has 4 rings (SSSR count). The molecule has 136 valence electrons. The van der Waals surface area contributed by atoms with Crippen molar-refractivity contribution in [2.45, 2.75) is 46.5 Å². The molecule has 1 aliphatic rings. The van der Waals surface area contributed by atoms with Gasteiger partial charge in [-0.2, -0.15) is 0 Å². The minimum Gasteiger partial charge on any atom is -0.461 e. The van der Waals surface area contributed by atoms with Crippen molar-refractivity contribution in [1.29, 1.82) is 0 Å². The van der Waals surface area contributed by atoms with E-state index < -0.39 is 0 Å². The number of rotatable bonds is 2. The summed E-state index contributed by atoms with van der Waals surface area (Å²) in [6.45, 7) is 11.0. The first-order valence-corrected chi connectivity index (χ1v) is 9.34. The molecular formula is C25H26OZr. The van der Waals surface area contributed by atoms with E-state index in [2.05, 4.69) is 89.2 Å². The summed E-state index contributed by atoms with van der Waals surface area (Å²) in [5, 5.41) is 0. The van der Waals surface area contributed by atoms with Crippen LogP contribution in [0.1, 0.15) is 54.5 Å². The Labute approximate surface area is 181 Å². The molecule has 0 unspecified atom stereocenters. The summed E-state index contributed by atoms with van der Waals surface area (Å²) in [5.74, 6) is 2.04. The maximum Gasteiger partial charge on any atom is 0.130 e. The average Bonchev–Trinajstić information content (AvgIpc) is 3.23. The van der Waals surface area contributed by atoms with E-state index in [9.17, 15) is 0 Å². The van der Waals surface area contributed by atoms with Gasteiger partial charge in [-0.3, -0.25) is 0 Å². The van der Waals surface area contributed by atoms with Gasteiger partial charge in [-0.05, 0) is 71.0 Å². The van der Waals surface area contributed by atoms with Gasteiger partial charge < -0.3 is 4.42 Å². The third-order valence-corrected chi connectivity index (χ3v) is 5.40. The largest absolute Gasteiger partial charge is 0.461 e. The van der Waals surface area contributed by atoms with Crippen molar-refractivity contribution in [3.05, 3.63) is 82.3 Å². The van der Waals surface area contributed by atoms with E-state index in [0.717, 1.165) is 17.9 Å².